The van der Waals surface area contributed by atoms with Crippen molar-refractivity contribution < 1.29 is 14.3 Å². The van der Waals surface area contributed by atoms with Gasteiger partial charge in [-0.05, 0) is 18.2 Å². The van der Waals surface area contributed by atoms with Crippen LogP contribution >= 0.6 is 27.3 Å². The first-order chi connectivity index (χ1) is 9.20. The van der Waals surface area contributed by atoms with E-state index in [-0.39, 0.29) is 4.88 Å². The fourth-order valence-corrected chi connectivity index (χ4v) is 3.23. The molecule has 1 aromatic carbocycles. The number of nitrogens with zero attached hydrogens (tertiary/aromatic N) is 1. The van der Waals surface area contributed by atoms with Crippen molar-refractivity contribution in [2.24, 2.45) is 0 Å². The summed E-state index contributed by atoms with van der Waals surface area (Å²) < 4.78 is 14.6. The summed E-state index contributed by atoms with van der Waals surface area (Å²) in [7, 11) is 0. The van der Waals surface area contributed by atoms with Gasteiger partial charge in [-0.25, -0.2) is 14.2 Å². The summed E-state index contributed by atoms with van der Waals surface area (Å²) in [6.07, 6.45) is 0. The Bertz CT molecular complexity index is 676. The Balaban J connectivity index is 2.62. The molecular weight excluding hydrogens is 345 g/mol. The van der Waals surface area contributed by atoms with Crippen LogP contribution in [0.25, 0.3) is 10.6 Å². The Labute approximate surface area is 128 Å². The van der Waals surface area contributed by atoms with Crippen molar-refractivity contribution >= 4 is 33.2 Å². The predicted molar refractivity (Wildman–Crippen MR) is 80.9 cm³/mol. The van der Waals surface area contributed by atoms with Crippen molar-refractivity contribution in [1.82, 2.24) is 4.98 Å². The average Bonchev–Trinajstić information content (AvgIpc) is 2.73. The summed E-state index contributed by atoms with van der Waals surface area (Å²) in [5.41, 5.74) is 0.387. The van der Waals surface area contributed by atoms with Crippen molar-refractivity contribution in [3.8, 4) is 10.6 Å². The first-order valence-corrected chi connectivity index (χ1v) is 7.51. The fraction of sp³-hybridized carbons (Fsp3) is 0.286. The van der Waals surface area contributed by atoms with Gasteiger partial charge in [-0.2, -0.15) is 0 Å². The highest BCUT2D eigenvalue weighted by molar-refractivity contribution is 9.10. The summed E-state index contributed by atoms with van der Waals surface area (Å²) in [6.45, 7) is 5.66. The largest absolute Gasteiger partial charge is 0.477 e. The molecule has 0 saturated carbocycles. The number of hydrogen-bond donors (Lipinski definition) is 1. The van der Waals surface area contributed by atoms with Crippen molar-refractivity contribution in [1.29, 1.82) is 0 Å². The van der Waals surface area contributed by atoms with Gasteiger partial charge in [0.2, 0.25) is 0 Å². The second-order valence-electron chi connectivity index (χ2n) is 5.38. The topological polar surface area (TPSA) is 50.2 Å². The third-order valence-electron chi connectivity index (χ3n) is 2.69. The number of aromatic nitrogens is 1. The van der Waals surface area contributed by atoms with E-state index >= 15 is 0 Å². The van der Waals surface area contributed by atoms with Crippen LogP contribution in [0.4, 0.5) is 4.39 Å². The van der Waals surface area contributed by atoms with E-state index in [1.54, 1.807) is 12.1 Å². The van der Waals surface area contributed by atoms with Gasteiger partial charge >= 0.3 is 5.97 Å². The summed E-state index contributed by atoms with van der Waals surface area (Å²) in [6, 6.07) is 4.64. The average molecular weight is 358 g/mol. The van der Waals surface area contributed by atoms with E-state index in [1.165, 1.54) is 6.07 Å². The molecule has 0 aliphatic rings. The van der Waals surface area contributed by atoms with Gasteiger partial charge in [0.15, 0.2) is 0 Å². The van der Waals surface area contributed by atoms with Gasteiger partial charge in [-0.3, -0.25) is 0 Å². The number of carboxylic acids is 1. The van der Waals surface area contributed by atoms with Crippen LogP contribution < -0.4 is 0 Å². The summed E-state index contributed by atoms with van der Waals surface area (Å²) in [5, 5.41) is 9.66. The Kier molecular flexibility index (Phi) is 3.97. The third kappa shape index (κ3) is 2.91. The van der Waals surface area contributed by atoms with Gasteiger partial charge < -0.3 is 5.11 Å². The maximum absolute atomic E-state index is 14.0. The van der Waals surface area contributed by atoms with E-state index < -0.39 is 17.2 Å². The van der Waals surface area contributed by atoms with Crippen LogP contribution in [0.5, 0.6) is 0 Å². The molecular formula is C14H13BrFNO2S. The highest BCUT2D eigenvalue weighted by Gasteiger charge is 2.27. The Morgan fingerprint density at radius 2 is 2.05 bits per heavy atom. The number of halogens is 2. The molecule has 0 aliphatic carbocycles. The third-order valence-corrected chi connectivity index (χ3v) is 4.26. The lowest BCUT2D eigenvalue weighted by molar-refractivity contribution is 0.0699. The number of carbonyl (C=O) groups is 1. The van der Waals surface area contributed by atoms with Crippen molar-refractivity contribution in [2.75, 3.05) is 0 Å². The van der Waals surface area contributed by atoms with Gasteiger partial charge in [-0.15, -0.1) is 11.3 Å². The maximum atomic E-state index is 14.0. The van der Waals surface area contributed by atoms with Gasteiger partial charge in [0.25, 0.3) is 0 Å². The summed E-state index contributed by atoms with van der Waals surface area (Å²) >= 11 is 4.19. The molecule has 0 saturated heterocycles. The molecule has 1 heterocycles. The zero-order valence-electron chi connectivity index (χ0n) is 11.2. The molecule has 106 valence electrons. The quantitative estimate of drug-likeness (QED) is 0.846. The van der Waals surface area contributed by atoms with Gasteiger partial charge in [0, 0.05) is 15.5 Å². The van der Waals surface area contributed by atoms with E-state index in [9.17, 15) is 14.3 Å². The molecule has 3 nitrogen and oxygen atoms in total. The molecule has 0 aliphatic heterocycles. The van der Waals surface area contributed by atoms with Crippen LogP contribution in [-0.4, -0.2) is 16.1 Å². The first-order valence-electron chi connectivity index (χ1n) is 5.90. The van der Waals surface area contributed by atoms with Crippen molar-refractivity contribution in [2.45, 2.75) is 26.2 Å². The number of carboxylic acid groups (broad SMARTS) is 1. The van der Waals surface area contributed by atoms with Gasteiger partial charge in [-0.1, -0.05) is 36.7 Å². The standard InChI is InChI=1S/C14H13BrFNO2S/c1-14(2,3)11-10(13(18)19)20-12(17-11)8-5-4-7(15)6-9(8)16/h4-6H,1-3H3,(H,18,19). The highest BCUT2D eigenvalue weighted by Crippen LogP contribution is 2.35. The van der Waals surface area contributed by atoms with Crippen LogP contribution in [-0.2, 0) is 5.41 Å². The second-order valence-corrected chi connectivity index (χ2v) is 7.29. The van der Waals surface area contributed by atoms with Crippen LogP contribution in [0.2, 0.25) is 0 Å². The molecule has 0 bridgehead atoms. The minimum atomic E-state index is -1.03. The molecule has 0 amide bonds. The molecule has 2 rings (SSSR count). The highest BCUT2D eigenvalue weighted by atomic mass is 79.9. The molecule has 0 fully saturated rings. The van der Waals surface area contributed by atoms with Gasteiger partial charge in [0.05, 0.1) is 5.69 Å². The van der Waals surface area contributed by atoms with Crippen molar-refractivity contribution in [3.63, 3.8) is 0 Å². The SMILES string of the molecule is CC(C)(C)c1nc(-c2ccc(Br)cc2F)sc1C(=O)O. The lowest BCUT2D eigenvalue weighted by atomic mass is 9.91. The molecule has 0 spiro atoms. The zero-order chi connectivity index (χ0) is 15.1. The maximum Gasteiger partial charge on any atom is 0.347 e. The monoisotopic (exact) mass is 357 g/mol. The number of thiazole rings is 1. The molecule has 0 atom stereocenters. The molecule has 1 aromatic heterocycles. The predicted octanol–water partition coefficient (Wildman–Crippen LogP) is 4.71. The molecule has 6 heteroatoms. The Hall–Kier alpha value is -1.27. The smallest absolute Gasteiger partial charge is 0.347 e. The fourth-order valence-electron chi connectivity index (χ4n) is 1.75. The molecule has 2 aromatic rings. The van der Waals surface area contributed by atoms with E-state index in [2.05, 4.69) is 20.9 Å². The second kappa shape index (κ2) is 5.26. The molecule has 0 radical (unpaired) electrons. The van der Waals surface area contributed by atoms with Crippen LogP contribution in [0, 0.1) is 5.82 Å². The summed E-state index contributed by atoms with van der Waals surface area (Å²) in [5.74, 6) is -1.46. The number of rotatable bonds is 2. The molecule has 0 unspecified atom stereocenters. The van der Waals surface area contributed by atoms with E-state index in [1.807, 2.05) is 20.8 Å². The Morgan fingerprint density at radius 1 is 1.40 bits per heavy atom. The lowest BCUT2D eigenvalue weighted by Gasteiger charge is -2.16. The number of hydrogen-bond acceptors (Lipinski definition) is 3. The van der Waals surface area contributed by atoms with E-state index in [0.29, 0.717) is 20.7 Å². The lowest BCUT2D eigenvalue weighted by Crippen LogP contribution is -2.16. The molecule has 20 heavy (non-hydrogen) atoms. The van der Waals surface area contributed by atoms with Crippen LogP contribution in [0.15, 0.2) is 22.7 Å². The van der Waals surface area contributed by atoms with E-state index in [4.69, 9.17) is 0 Å². The van der Waals surface area contributed by atoms with Crippen LogP contribution in [0.1, 0.15) is 36.1 Å². The van der Waals surface area contributed by atoms with Crippen molar-refractivity contribution in [3.05, 3.63) is 39.1 Å². The minimum Gasteiger partial charge on any atom is -0.477 e. The van der Waals surface area contributed by atoms with E-state index in [0.717, 1.165) is 11.3 Å². The summed E-state index contributed by atoms with van der Waals surface area (Å²) in [4.78, 5) is 15.8. The number of aromatic carboxylic acids is 1. The normalized spacial score (nSPS) is 11.7. The first kappa shape index (κ1) is 15.1. The molecule has 1 N–H and O–H groups in total. The Morgan fingerprint density at radius 3 is 2.50 bits per heavy atom. The van der Waals surface area contributed by atoms with Crippen LogP contribution in [0.3, 0.4) is 0 Å². The van der Waals surface area contributed by atoms with Gasteiger partial charge in [0.1, 0.15) is 15.7 Å². The zero-order valence-corrected chi connectivity index (χ0v) is 13.6. The minimum absolute atomic E-state index is 0.162. The number of benzene rings is 1.